The lowest BCUT2D eigenvalue weighted by atomic mass is 10.0. The number of rotatable bonds is 4. The van der Waals surface area contributed by atoms with E-state index in [0.29, 0.717) is 16.9 Å². The van der Waals surface area contributed by atoms with Gasteiger partial charge in [-0.3, -0.25) is 0 Å². The summed E-state index contributed by atoms with van der Waals surface area (Å²) in [4.78, 5) is 0. The predicted octanol–water partition coefficient (Wildman–Crippen LogP) is 5.97. The molecule has 0 aliphatic heterocycles. The van der Waals surface area contributed by atoms with Crippen molar-refractivity contribution in [2.45, 2.75) is 20.5 Å². The Bertz CT molecular complexity index is 902. The second-order valence-corrected chi connectivity index (χ2v) is 5.97. The number of hydrogen-bond acceptors (Lipinski definition) is 1. The van der Waals surface area contributed by atoms with E-state index >= 15 is 0 Å². The summed E-state index contributed by atoms with van der Waals surface area (Å²) in [6, 6.07) is 14.6. The second kappa shape index (κ2) is 7.01. The fourth-order valence-electron chi connectivity index (χ4n) is 2.53. The first kappa shape index (κ1) is 17.1. The molecule has 0 heterocycles. The lowest BCUT2D eigenvalue weighted by molar-refractivity contribution is 0.300. The Labute approximate surface area is 144 Å². The third-order valence-corrected chi connectivity index (χ3v) is 4.04. The molecular formula is C21H17F3O. The topological polar surface area (TPSA) is 9.23 Å². The van der Waals surface area contributed by atoms with Crippen LogP contribution in [0, 0.1) is 31.3 Å². The number of benzene rings is 3. The van der Waals surface area contributed by atoms with E-state index < -0.39 is 11.6 Å². The van der Waals surface area contributed by atoms with Crippen molar-refractivity contribution >= 4 is 0 Å². The van der Waals surface area contributed by atoms with Crippen LogP contribution in [-0.4, -0.2) is 0 Å². The standard InChI is InChI=1S/C21H17F3O/c1-13-3-5-16(19(22)11-13)12-25-17-8-6-15(7-9-17)18-10-4-14(2)20(23)21(18)24/h3-11H,12H2,1-2H3. The average molecular weight is 342 g/mol. The Kier molecular flexibility index (Phi) is 4.79. The Morgan fingerprint density at radius 2 is 1.52 bits per heavy atom. The van der Waals surface area contributed by atoms with Gasteiger partial charge in [0.15, 0.2) is 11.6 Å². The van der Waals surface area contributed by atoms with Gasteiger partial charge in [0.2, 0.25) is 0 Å². The number of ether oxygens (including phenoxy) is 1. The molecule has 0 aliphatic rings. The molecule has 0 atom stereocenters. The molecule has 0 saturated carbocycles. The summed E-state index contributed by atoms with van der Waals surface area (Å²) < 4.78 is 47.1. The van der Waals surface area contributed by atoms with E-state index in [1.165, 1.54) is 13.0 Å². The first-order chi connectivity index (χ1) is 12.0. The molecule has 0 fully saturated rings. The number of aryl methyl sites for hydroxylation is 2. The summed E-state index contributed by atoms with van der Waals surface area (Å²) in [6.45, 7) is 3.43. The molecule has 3 rings (SSSR count). The van der Waals surface area contributed by atoms with Crippen LogP contribution in [0.3, 0.4) is 0 Å². The fraction of sp³-hybridized carbons (Fsp3) is 0.143. The van der Waals surface area contributed by atoms with E-state index in [-0.39, 0.29) is 23.6 Å². The van der Waals surface area contributed by atoms with Gasteiger partial charge in [0.25, 0.3) is 0 Å². The highest BCUT2D eigenvalue weighted by molar-refractivity contribution is 5.65. The van der Waals surface area contributed by atoms with Gasteiger partial charge < -0.3 is 4.74 Å². The molecule has 0 aromatic heterocycles. The molecule has 3 aromatic carbocycles. The molecule has 0 unspecified atom stereocenters. The van der Waals surface area contributed by atoms with E-state index in [1.54, 1.807) is 42.5 Å². The van der Waals surface area contributed by atoms with Crippen molar-refractivity contribution in [2.24, 2.45) is 0 Å². The minimum absolute atomic E-state index is 0.0962. The molecule has 0 saturated heterocycles. The van der Waals surface area contributed by atoms with Crippen LogP contribution in [0.2, 0.25) is 0 Å². The van der Waals surface area contributed by atoms with Gasteiger partial charge in [0.05, 0.1) is 0 Å². The van der Waals surface area contributed by atoms with Gasteiger partial charge in [-0.25, -0.2) is 13.2 Å². The third-order valence-electron chi connectivity index (χ3n) is 4.04. The molecule has 1 nitrogen and oxygen atoms in total. The van der Waals surface area contributed by atoms with E-state index in [9.17, 15) is 13.2 Å². The largest absolute Gasteiger partial charge is 0.489 e. The van der Waals surface area contributed by atoms with Crippen molar-refractivity contribution in [3.63, 3.8) is 0 Å². The van der Waals surface area contributed by atoms with Crippen molar-refractivity contribution in [1.82, 2.24) is 0 Å². The van der Waals surface area contributed by atoms with Gasteiger partial charge in [-0.2, -0.15) is 0 Å². The van der Waals surface area contributed by atoms with Gasteiger partial charge in [-0.1, -0.05) is 36.4 Å². The Balaban J connectivity index is 1.75. The Morgan fingerprint density at radius 3 is 2.20 bits per heavy atom. The quantitative estimate of drug-likeness (QED) is 0.568. The molecule has 0 spiro atoms. The van der Waals surface area contributed by atoms with Crippen molar-refractivity contribution in [2.75, 3.05) is 0 Å². The van der Waals surface area contributed by atoms with Crippen LogP contribution < -0.4 is 4.74 Å². The minimum atomic E-state index is -0.865. The van der Waals surface area contributed by atoms with Crippen molar-refractivity contribution in [3.8, 4) is 16.9 Å². The Morgan fingerprint density at radius 1 is 0.800 bits per heavy atom. The summed E-state index contributed by atoms with van der Waals surface area (Å²) in [7, 11) is 0. The average Bonchev–Trinajstić information content (AvgIpc) is 2.60. The fourth-order valence-corrected chi connectivity index (χ4v) is 2.53. The van der Waals surface area contributed by atoms with Crippen LogP contribution >= 0.6 is 0 Å². The summed E-state index contributed by atoms with van der Waals surface area (Å²) in [6.07, 6.45) is 0. The Hall–Kier alpha value is -2.75. The molecule has 0 aliphatic carbocycles. The summed E-state index contributed by atoms with van der Waals surface area (Å²) in [5.41, 5.74) is 2.31. The molecule has 25 heavy (non-hydrogen) atoms. The number of hydrogen-bond donors (Lipinski definition) is 0. The zero-order valence-electron chi connectivity index (χ0n) is 13.9. The van der Waals surface area contributed by atoms with Gasteiger partial charge in [0.1, 0.15) is 18.2 Å². The van der Waals surface area contributed by atoms with Crippen LogP contribution in [0.1, 0.15) is 16.7 Å². The lowest BCUT2D eigenvalue weighted by Crippen LogP contribution is -1.99. The molecule has 0 N–H and O–H groups in total. The van der Waals surface area contributed by atoms with Crippen LogP contribution in [0.5, 0.6) is 5.75 Å². The SMILES string of the molecule is Cc1ccc(COc2ccc(-c3ccc(C)c(F)c3F)cc2)c(F)c1. The summed E-state index contributed by atoms with van der Waals surface area (Å²) in [5.74, 6) is -1.49. The van der Waals surface area contributed by atoms with Crippen LogP contribution in [0.4, 0.5) is 13.2 Å². The predicted molar refractivity (Wildman–Crippen MR) is 92.0 cm³/mol. The first-order valence-electron chi connectivity index (χ1n) is 7.88. The van der Waals surface area contributed by atoms with Gasteiger partial charge in [-0.05, 0) is 48.7 Å². The monoisotopic (exact) mass is 342 g/mol. The highest BCUT2D eigenvalue weighted by Crippen LogP contribution is 2.28. The van der Waals surface area contributed by atoms with Crippen LogP contribution in [-0.2, 0) is 6.61 Å². The maximum absolute atomic E-state index is 14.0. The molecule has 0 radical (unpaired) electrons. The molecule has 4 heteroatoms. The van der Waals surface area contributed by atoms with E-state index in [4.69, 9.17) is 4.74 Å². The molecule has 0 amide bonds. The highest BCUT2D eigenvalue weighted by Gasteiger charge is 2.12. The lowest BCUT2D eigenvalue weighted by Gasteiger charge is -2.10. The second-order valence-electron chi connectivity index (χ2n) is 5.97. The van der Waals surface area contributed by atoms with Crippen LogP contribution in [0.15, 0.2) is 54.6 Å². The molecule has 128 valence electrons. The summed E-state index contributed by atoms with van der Waals surface area (Å²) in [5, 5.41) is 0. The zero-order valence-corrected chi connectivity index (χ0v) is 13.9. The highest BCUT2D eigenvalue weighted by atomic mass is 19.2. The van der Waals surface area contributed by atoms with Gasteiger partial charge in [-0.15, -0.1) is 0 Å². The molecule has 0 bridgehead atoms. The van der Waals surface area contributed by atoms with Crippen molar-refractivity contribution < 1.29 is 17.9 Å². The molecular weight excluding hydrogens is 325 g/mol. The maximum atomic E-state index is 14.0. The zero-order chi connectivity index (χ0) is 18.0. The first-order valence-corrected chi connectivity index (χ1v) is 7.88. The number of halogens is 3. The summed E-state index contributed by atoms with van der Waals surface area (Å²) >= 11 is 0. The third kappa shape index (κ3) is 3.68. The van der Waals surface area contributed by atoms with Crippen LogP contribution in [0.25, 0.3) is 11.1 Å². The van der Waals surface area contributed by atoms with Gasteiger partial charge in [0, 0.05) is 11.1 Å². The van der Waals surface area contributed by atoms with Crippen molar-refractivity contribution in [1.29, 1.82) is 0 Å². The van der Waals surface area contributed by atoms with Crippen molar-refractivity contribution in [3.05, 3.63) is 88.7 Å². The maximum Gasteiger partial charge on any atom is 0.166 e. The van der Waals surface area contributed by atoms with E-state index in [2.05, 4.69) is 0 Å². The van der Waals surface area contributed by atoms with Gasteiger partial charge >= 0.3 is 0 Å². The van der Waals surface area contributed by atoms with E-state index in [0.717, 1.165) is 5.56 Å². The smallest absolute Gasteiger partial charge is 0.166 e. The minimum Gasteiger partial charge on any atom is -0.489 e. The normalized spacial score (nSPS) is 10.8. The molecule has 3 aromatic rings. The van der Waals surface area contributed by atoms with E-state index in [1.807, 2.05) is 13.0 Å².